The summed E-state index contributed by atoms with van der Waals surface area (Å²) in [5.41, 5.74) is 0. The maximum atomic E-state index is 12.0. The summed E-state index contributed by atoms with van der Waals surface area (Å²) in [4.78, 5) is 22.2. The number of carbonyl (C=O) groups excluding carboxylic acids is 1. The first kappa shape index (κ1) is 15.6. The SMILES string of the molecule is CCNC(=O)c1cc(S(=O)(=O)N(C)CC(=O)O)cs1. The maximum Gasteiger partial charge on any atom is 0.318 e. The van der Waals surface area contributed by atoms with Gasteiger partial charge in [-0.1, -0.05) is 0 Å². The monoisotopic (exact) mass is 306 g/mol. The Labute approximate surface area is 114 Å². The molecule has 1 aromatic heterocycles. The number of sulfonamides is 1. The predicted molar refractivity (Wildman–Crippen MR) is 69.8 cm³/mol. The van der Waals surface area contributed by atoms with Gasteiger partial charge < -0.3 is 10.4 Å². The second-order valence-electron chi connectivity index (χ2n) is 3.66. The Hall–Kier alpha value is -1.45. The first-order valence-electron chi connectivity index (χ1n) is 5.34. The minimum absolute atomic E-state index is 0.0810. The van der Waals surface area contributed by atoms with E-state index in [1.165, 1.54) is 18.5 Å². The third-order valence-corrected chi connectivity index (χ3v) is 5.06. The zero-order valence-electron chi connectivity index (χ0n) is 10.4. The topological polar surface area (TPSA) is 104 Å². The van der Waals surface area contributed by atoms with Crippen LogP contribution in [0.25, 0.3) is 0 Å². The summed E-state index contributed by atoms with van der Waals surface area (Å²) >= 11 is 0.995. The van der Waals surface area contributed by atoms with Gasteiger partial charge in [0.25, 0.3) is 5.91 Å². The lowest BCUT2D eigenvalue weighted by Gasteiger charge is -2.13. The zero-order chi connectivity index (χ0) is 14.6. The smallest absolute Gasteiger partial charge is 0.318 e. The summed E-state index contributed by atoms with van der Waals surface area (Å²) in [5, 5.41) is 12.5. The number of carboxylic acids is 1. The van der Waals surface area contributed by atoms with E-state index in [0.717, 1.165) is 15.6 Å². The van der Waals surface area contributed by atoms with E-state index < -0.39 is 22.5 Å². The van der Waals surface area contributed by atoms with Gasteiger partial charge >= 0.3 is 5.97 Å². The Kier molecular flexibility index (Phi) is 5.04. The number of nitrogens with one attached hydrogen (secondary N) is 1. The maximum absolute atomic E-state index is 12.0. The Morgan fingerprint density at radius 1 is 1.47 bits per heavy atom. The molecule has 0 bridgehead atoms. The van der Waals surface area contributed by atoms with Crippen LogP contribution in [0.4, 0.5) is 0 Å². The molecule has 0 saturated heterocycles. The van der Waals surface area contributed by atoms with Gasteiger partial charge in [-0.15, -0.1) is 11.3 Å². The van der Waals surface area contributed by atoms with Crippen molar-refractivity contribution in [1.82, 2.24) is 9.62 Å². The Bertz CT molecular complexity index is 578. The van der Waals surface area contributed by atoms with Crippen LogP contribution in [0, 0.1) is 0 Å². The standard InChI is InChI=1S/C10H14N2O5S2/c1-3-11-10(15)8-4-7(6-18-8)19(16,17)12(2)5-9(13)14/h4,6H,3,5H2,1-2H3,(H,11,15)(H,13,14). The molecule has 1 aromatic rings. The van der Waals surface area contributed by atoms with E-state index in [9.17, 15) is 18.0 Å². The van der Waals surface area contributed by atoms with Gasteiger partial charge in [-0.3, -0.25) is 9.59 Å². The van der Waals surface area contributed by atoms with Crippen molar-refractivity contribution in [1.29, 1.82) is 0 Å². The van der Waals surface area contributed by atoms with E-state index in [1.54, 1.807) is 6.92 Å². The average molecular weight is 306 g/mol. The second kappa shape index (κ2) is 6.13. The number of hydrogen-bond donors (Lipinski definition) is 2. The van der Waals surface area contributed by atoms with Gasteiger partial charge in [0.05, 0.1) is 9.77 Å². The summed E-state index contributed by atoms with van der Waals surface area (Å²) < 4.78 is 24.7. The summed E-state index contributed by atoms with van der Waals surface area (Å²) in [6.45, 7) is 1.57. The average Bonchev–Trinajstić information content (AvgIpc) is 2.78. The fraction of sp³-hybridized carbons (Fsp3) is 0.400. The quantitative estimate of drug-likeness (QED) is 0.781. The molecule has 106 valence electrons. The molecular weight excluding hydrogens is 292 g/mol. The molecule has 0 unspecified atom stereocenters. The van der Waals surface area contributed by atoms with Gasteiger partial charge in [0.1, 0.15) is 6.54 Å². The molecule has 1 heterocycles. The van der Waals surface area contributed by atoms with E-state index in [1.807, 2.05) is 0 Å². The summed E-state index contributed by atoms with van der Waals surface area (Å²) in [6, 6.07) is 1.24. The molecule has 1 rings (SSSR count). The lowest BCUT2D eigenvalue weighted by molar-refractivity contribution is -0.137. The van der Waals surface area contributed by atoms with E-state index in [0.29, 0.717) is 6.54 Å². The Morgan fingerprint density at radius 2 is 2.11 bits per heavy atom. The van der Waals surface area contributed by atoms with Crippen LogP contribution < -0.4 is 5.32 Å². The highest BCUT2D eigenvalue weighted by Crippen LogP contribution is 2.21. The number of carboxylic acid groups (broad SMARTS) is 1. The van der Waals surface area contributed by atoms with Crippen LogP contribution >= 0.6 is 11.3 Å². The Balaban J connectivity index is 2.97. The lowest BCUT2D eigenvalue weighted by Crippen LogP contribution is -2.31. The van der Waals surface area contributed by atoms with Crippen molar-refractivity contribution in [2.24, 2.45) is 0 Å². The largest absolute Gasteiger partial charge is 0.480 e. The van der Waals surface area contributed by atoms with E-state index in [4.69, 9.17) is 5.11 Å². The molecule has 19 heavy (non-hydrogen) atoms. The van der Waals surface area contributed by atoms with Crippen LogP contribution in [0.2, 0.25) is 0 Å². The number of amides is 1. The summed E-state index contributed by atoms with van der Waals surface area (Å²) in [6.07, 6.45) is 0. The summed E-state index contributed by atoms with van der Waals surface area (Å²) in [5.74, 6) is -1.60. The minimum Gasteiger partial charge on any atom is -0.480 e. The van der Waals surface area contributed by atoms with E-state index in [-0.39, 0.29) is 15.7 Å². The van der Waals surface area contributed by atoms with E-state index in [2.05, 4.69) is 5.32 Å². The number of likely N-dealkylation sites (N-methyl/N-ethyl adjacent to an activating group) is 1. The third kappa shape index (κ3) is 3.75. The normalized spacial score (nSPS) is 11.5. The van der Waals surface area contributed by atoms with Gasteiger partial charge in [0.15, 0.2) is 0 Å². The molecule has 0 spiro atoms. The van der Waals surface area contributed by atoms with Gasteiger partial charge in [-0.05, 0) is 13.0 Å². The second-order valence-corrected chi connectivity index (χ2v) is 6.62. The van der Waals surface area contributed by atoms with Crippen molar-refractivity contribution in [3.05, 3.63) is 16.3 Å². The molecule has 2 N–H and O–H groups in total. The van der Waals surface area contributed by atoms with Gasteiger partial charge in [-0.25, -0.2) is 8.42 Å². The minimum atomic E-state index is -3.88. The van der Waals surface area contributed by atoms with Crippen LogP contribution in [-0.4, -0.2) is 49.8 Å². The molecule has 0 fully saturated rings. The van der Waals surface area contributed by atoms with Gasteiger partial charge in [0.2, 0.25) is 10.0 Å². The van der Waals surface area contributed by atoms with Crippen LogP contribution in [0.1, 0.15) is 16.6 Å². The fourth-order valence-corrected chi connectivity index (χ4v) is 3.57. The van der Waals surface area contributed by atoms with Crippen molar-refractivity contribution < 1.29 is 23.1 Å². The summed E-state index contributed by atoms with van der Waals surface area (Å²) in [7, 11) is -2.71. The predicted octanol–water partition coefficient (Wildman–Crippen LogP) is 0.203. The highest BCUT2D eigenvalue weighted by molar-refractivity contribution is 7.89. The van der Waals surface area contributed by atoms with Crippen molar-refractivity contribution in [2.75, 3.05) is 20.1 Å². The number of nitrogens with zero attached hydrogens (tertiary/aromatic N) is 1. The molecule has 0 aliphatic carbocycles. The molecular formula is C10H14N2O5S2. The molecule has 0 atom stereocenters. The molecule has 7 nitrogen and oxygen atoms in total. The lowest BCUT2D eigenvalue weighted by atomic mass is 10.4. The molecule has 9 heteroatoms. The number of aliphatic carboxylic acids is 1. The first-order valence-corrected chi connectivity index (χ1v) is 7.66. The fourth-order valence-electron chi connectivity index (χ4n) is 1.28. The van der Waals surface area contributed by atoms with Crippen molar-refractivity contribution in [3.63, 3.8) is 0 Å². The van der Waals surface area contributed by atoms with Crippen molar-refractivity contribution >= 4 is 33.2 Å². The molecule has 0 radical (unpaired) electrons. The van der Waals surface area contributed by atoms with E-state index >= 15 is 0 Å². The molecule has 0 aliphatic rings. The van der Waals surface area contributed by atoms with Crippen LogP contribution in [-0.2, 0) is 14.8 Å². The third-order valence-electron chi connectivity index (χ3n) is 2.20. The van der Waals surface area contributed by atoms with Gasteiger partial charge in [-0.2, -0.15) is 4.31 Å². The number of rotatable bonds is 6. The number of carbonyl (C=O) groups is 2. The van der Waals surface area contributed by atoms with Crippen molar-refractivity contribution in [3.8, 4) is 0 Å². The first-order chi connectivity index (χ1) is 8.78. The highest BCUT2D eigenvalue weighted by atomic mass is 32.2. The van der Waals surface area contributed by atoms with Gasteiger partial charge in [0, 0.05) is 19.0 Å². The molecule has 0 saturated carbocycles. The molecule has 0 aromatic carbocycles. The van der Waals surface area contributed by atoms with Crippen LogP contribution in [0.15, 0.2) is 16.3 Å². The van der Waals surface area contributed by atoms with Crippen LogP contribution in [0.5, 0.6) is 0 Å². The molecule has 1 amide bonds. The molecule has 0 aliphatic heterocycles. The number of hydrogen-bond acceptors (Lipinski definition) is 5. The number of thiophene rings is 1. The van der Waals surface area contributed by atoms with Crippen molar-refractivity contribution in [2.45, 2.75) is 11.8 Å². The van der Waals surface area contributed by atoms with Crippen LogP contribution in [0.3, 0.4) is 0 Å². The Morgan fingerprint density at radius 3 is 2.63 bits per heavy atom. The zero-order valence-corrected chi connectivity index (χ0v) is 12.0. The highest BCUT2D eigenvalue weighted by Gasteiger charge is 2.25.